The first kappa shape index (κ1) is 22.8. The quantitative estimate of drug-likeness (QED) is 0.639. The first-order chi connectivity index (χ1) is 13.1. The lowest BCUT2D eigenvalue weighted by Crippen LogP contribution is -2.48. The topological polar surface area (TPSA) is 67.4 Å². The molecule has 0 heterocycles. The predicted molar refractivity (Wildman–Crippen MR) is 113 cm³/mol. The molecule has 0 aliphatic heterocycles. The summed E-state index contributed by atoms with van der Waals surface area (Å²) in [6.45, 7) is 5.99. The fraction of sp³-hybridized carbons (Fsp3) is 0.619. The van der Waals surface area contributed by atoms with Crippen molar-refractivity contribution in [3.8, 4) is 0 Å². The number of halogens is 2. The molecule has 156 valence electrons. The normalized spacial score (nSPS) is 22.4. The van der Waals surface area contributed by atoms with Gasteiger partial charge in [-0.15, -0.1) is 11.6 Å². The zero-order valence-electron chi connectivity index (χ0n) is 16.8. The molecule has 1 fully saturated rings. The van der Waals surface area contributed by atoms with E-state index in [0.717, 1.165) is 31.2 Å². The molecule has 7 heteroatoms. The van der Waals surface area contributed by atoms with Crippen LogP contribution in [0, 0.1) is 0 Å². The SMILES string of the molecule is CC(C)(C)OC(=O)NCC1(c2cccc(Cl)c2)CCC(NC(=O)CCCl)CC1. The highest BCUT2D eigenvalue weighted by molar-refractivity contribution is 6.30. The van der Waals surface area contributed by atoms with Crippen LogP contribution in [-0.4, -0.2) is 36.1 Å². The highest BCUT2D eigenvalue weighted by Gasteiger charge is 2.38. The van der Waals surface area contributed by atoms with Crippen LogP contribution in [0.4, 0.5) is 4.79 Å². The second-order valence-corrected chi connectivity index (χ2v) is 9.24. The van der Waals surface area contributed by atoms with E-state index in [1.807, 2.05) is 39.0 Å². The van der Waals surface area contributed by atoms with Crippen molar-refractivity contribution >= 4 is 35.2 Å². The number of rotatable bonds is 6. The number of carbonyl (C=O) groups excluding carboxylic acids is 2. The van der Waals surface area contributed by atoms with Gasteiger partial charge in [-0.2, -0.15) is 0 Å². The van der Waals surface area contributed by atoms with E-state index in [9.17, 15) is 9.59 Å². The molecule has 0 saturated heterocycles. The lowest BCUT2D eigenvalue weighted by atomic mass is 9.68. The lowest BCUT2D eigenvalue weighted by Gasteiger charge is -2.41. The van der Waals surface area contributed by atoms with Crippen molar-refractivity contribution in [2.24, 2.45) is 0 Å². The van der Waals surface area contributed by atoms with Gasteiger partial charge in [-0.3, -0.25) is 4.79 Å². The number of benzene rings is 1. The molecule has 2 N–H and O–H groups in total. The van der Waals surface area contributed by atoms with E-state index in [1.165, 1.54) is 0 Å². The second-order valence-electron chi connectivity index (χ2n) is 8.43. The van der Waals surface area contributed by atoms with Gasteiger partial charge in [-0.25, -0.2) is 4.79 Å². The smallest absolute Gasteiger partial charge is 0.407 e. The molecule has 0 unspecified atom stereocenters. The molecule has 5 nitrogen and oxygen atoms in total. The summed E-state index contributed by atoms with van der Waals surface area (Å²) < 4.78 is 5.39. The molecule has 2 rings (SSSR count). The minimum absolute atomic E-state index is 0.0119. The number of carbonyl (C=O) groups is 2. The van der Waals surface area contributed by atoms with E-state index in [2.05, 4.69) is 16.7 Å². The molecule has 0 spiro atoms. The summed E-state index contributed by atoms with van der Waals surface area (Å²) in [5, 5.41) is 6.66. The lowest BCUT2D eigenvalue weighted by molar-refractivity contribution is -0.121. The molecular formula is C21H30Cl2N2O3. The van der Waals surface area contributed by atoms with Gasteiger partial charge in [0.2, 0.25) is 5.91 Å². The van der Waals surface area contributed by atoms with E-state index in [1.54, 1.807) is 0 Å². The summed E-state index contributed by atoms with van der Waals surface area (Å²) in [6.07, 6.45) is 3.22. The van der Waals surface area contributed by atoms with Crippen LogP contribution >= 0.6 is 23.2 Å². The van der Waals surface area contributed by atoms with Crippen LogP contribution in [-0.2, 0) is 14.9 Å². The van der Waals surface area contributed by atoms with Gasteiger partial charge >= 0.3 is 6.09 Å². The first-order valence-corrected chi connectivity index (χ1v) is 10.6. The number of nitrogens with one attached hydrogen (secondary N) is 2. The van der Waals surface area contributed by atoms with Crippen LogP contribution in [0.5, 0.6) is 0 Å². The van der Waals surface area contributed by atoms with Gasteiger partial charge in [-0.05, 0) is 64.2 Å². The molecule has 1 aliphatic carbocycles. The van der Waals surface area contributed by atoms with Gasteiger partial charge in [0.15, 0.2) is 0 Å². The Labute approximate surface area is 177 Å². The minimum Gasteiger partial charge on any atom is -0.444 e. The number of ether oxygens (including phenoxy) is 1. The van der Waals surface area contributed by atoms with Gasteiger partial charge in [0.05, 0.1) is 0 Å². The van der Waals surface area contributed by atoms with Crippen LogP contribution < -0.4 is 10.6 Å². The van der Waals surface area contributed by atoms with Gasteiger partial charge in [-0.1, -0.05) is 23.7 Å². The fourth-order valence-electron chi connectivity index (χ4n) is 3.64. The van der Waals surface area contributed by atoms with E-state index in [4.69, 9.17) is 27.9 Å². The Morgan fingerprint density at radius 2 is 1.93 bits per heavy atom. The highest BCUT2D eigenvalue weighted by Crippen LogP contribution is 2.40. The van der Waals surface area contributed by atoms with Gasteiger partial charge < -0.3 is 15.4 Å². The molecule has 0 atom stereocenters. The van der Waals surface area contributed by atoms with Crippen LogP contribution in [0.15, 0.2) is 24.3 Å². The zero-order valence-corrected chi connectivity index (χ0v) is 18.3. The summed E-state index contributed by atoms with van der Waals surface area (Å²) >= 11 is 11.9. The fourth-order valence-corrected chi connectivity index (χ4v) is 4.00. The summed E-state index contributed by atoms with van der Waals surface area (Å²) in [5.74, 6) is 0.312. The maximum atomic E-state index is 12.2. The molecule has 1 aromatic carbocycles. The Hall–Kier alpha value is -1.46. The summed E-state index contributed by atoms with van der Waals surface area (Å²) in [5.41, 5.74) is 0.314. The molecule has 1 aromatic rings. The van der Waals surface area contributed by atoms with Gasteiger partial charge in [0.1, 0.15) is 5.60 Å². The summed E-state index contributed by atoms with van der Waals surface area (Å²) in [4.78, 5) is 24.0. The van der Waals surface area contributed by atoms with E-state index >= 15 is 0 Å². The first-order valence-electron chi connectivity index (χ1n) is 9.72. The minimum atomic E-state index is -0.544. The van der Waals surface area contributed by atoms with Crippen LogP contribution in [0.2, 0.25) is 5.02 Å². The standard InChI is InChI=1S/C21H30Cl2N2O3/c1-20(2,3)28-19(27)24-14-21(15-5-4-6-16(23)13-15)10-7-17(8-11-21)25-18(26)9-12-22/h4-6,13,17H,7-12,14H2,1-3H3,(H,24,27)(H,25,26). The Morgan fingerprint density at radius 3 is 2.50 bits per heavy atom. The average molecular weight is 429 g/mol. The largest absolute Gasteiger partial charge is 0.444 e. The molecule has 0 aromatic heterocycles. The van der Waals surface area contributed by atoms with E-state index in [-0.39, 0.29) is 17.4 Å². The van der Waals surface area contributed by atoms with E-state index < -0.39 is 11.7 Å². The van der Waals surface area contributed by atoms with Crippen LogP contribution in [0.1, 0.15) is 58.4 Å². The Balaban J connectivity index is 2.09. The third kappa shape index (κ3) is 6.85. The molecule has 1 saturated carbocycles. The predicted octanol–water partition coefficient (Wildman–Crippen LogP) is 4.79. The number of hydrogen-bond donors (Lipinski definition) is 2. The highest BCUT2D eigenvalue weighted by atomic mass is 35.5. The van der Waals surface area contributed by atoms with E-state index in [0.29, 0.717) is 23.9 Å². The number of alkyl halides is 1. The van der Waals surface area contributed by atoms with Gasteiger partial charge in [0, 0.05) is 35.3 Å². The molecule has 0 radical (unpaired) electrons. The Bertz CT molecular complexity index is 680. The van der Waals surface area contributed by atoms with Crippen molar-refractivity contribution < 1.29 is 14.3 Å². The van der Waals surface area contributed by atoms with Crippen LogP contribution in [0.25, 0.3) is 0 Å². The third-order valence-electron chi connectivity index (χ3n) is 5.04. The monoisotopic (exact) mass is 428 g/mol. The number of amides is 2. The van der Waals surface area contributed by atoms with Crippen molar-refractivity contribution in [1.82, 2.24) is 10.6 Å². The Kier molecular flexibility index (Phi) is 8.02. The van der Waals surface area contributed by atoms with Crippen molar-refractivity contribution in [2.45, 2.75) is 69.9 Å². The average Bonchev–Trinajstić information content (AvgIpc) is 2.60. The zero-order chi connectivity index (χ0) is 20.8. The maximum Gasteiger partial charge on any atom is 0.407 e. The number of hydrogen-bond acceptors (Lipinski definition) is 3. The molecule has 1 aliphatic rings. The maximum absolute atomic E-state index is 12.2. The second kappa shape index (κ2) is 9.84. The van der Waals surface area contributed by atoms with Gasteiger partial charge in [0.25, 0.3) is 0 Å². The molecule has 28 heavy (non-hydrogen) atoms. The Morgan fingerprint density at radius 1 is 1.25 bits per heavy atom. The van der Waals surface area contributed by atoms with Crippen molar-refractivity contribution in [3.05, 3.63) is 34.9 Å². The molecule has 2 amide bonds. The van der Waals surface area contributed by atoms with Crippen molar-refractivity contribution in [3.63, 3.8) is 0 Å². The summed E-state index contributed by atoms with van der Waals surface area (Å²) in [6, 6.07) is 7.92. The number of alkyl carbamates (subject to hydrolysis) is 1. The van der Waals surface area contributed by atoms with Crippen LogP contribution in [0.3, 0.4) is 0 Å². The van der Waals surface area contributed by atoms with Crippen molar-refractivity contribution in [1.29, 1.82) is 0 Å². The summed E-state index contributed by atoms with van der Waals surface area (Å²) in [7, 11) is 0. The van der Waals surface area contributed by atoms with Crippen molar-refractivity contribution in [2.75, 3.05) is 12.4 Å². The third-order valence-corrected chi connectivity index (χ3v) is 5.46. The molecular weight excluding hydrogens is 399 g/mol. The molecule has 0 bridgehead atoms.